The van der Waals surface area contributed by atoms with Crippen molar-refractivity contribution in [3.8, 4) is 0 Å². The second kappa shape index (κ2) is 7.26. The molecule has 0 bridgehead atoms. The molecule has 0 spiro atoms. The van der Waals surface area contributed by atoms with Crippen molar-refractivity contribution < 1.29 is 17.9 Å². The topological polar surface area (TPSA) is 73.3 Å². The molecule has 1 aliphatic rings. The van der Waals surface area contributed by atoms with Crippen molar-refractivity contribution in [1.82, 2.24) is 4.98 Å². The van der Waals surface area contributed by atoms with E-state index in [1.165, 1.54) is 18.0 Å². The zero-order valence-electron chi connectivity index (χ0n) is 11.9. The van der Waals surface area contributed by atoms with Crippen LogP contribution in [-0.4, -0.2) is 43.2 Å². The van der Waals surface area contributed by atoms with Gasteiger partial charge in [0.25, 0.3) is 0 Å². The molecule has 2 heterocycles. The first kappa shape index (κ1) is 16.3. The lowest BCUT2D eigenvalue weighted by Gasteiger charge is -2.21. The van der Waals surface area contributed by atoms with Gasteiger partial charge in [-0.1, -0.05) is 0 Å². The number of hydrogen-bond acceptors (Lipinski definition) is 6. The summed E-state index contributed by atoms with van der Waals surface area (Å²) in [5.74, 6) is 1.16. The standard InChI is InChI=1S/C14H19NO4S2/c1-2-19-14(16)12-5-6-13(15-8-12)20-9-11-4-3-7-21(17,18)10-11/h5-6,8,11H,2-4,7,9-10H2,1H3/t11-/m0/s1. The van der Waals surface area contributed by atoms with Crippen molar-refractivity contribution in [2.45, 2.75) is 24.8 Å². The van der Waals surface area contributed by atoms with Gasteiger partial charge in [0.1, 0.15) is 0 Å². The largest absolute Gasteiger partial charge is 0.462 e. The Kier molecular flexibility index (Phi) is 5.64. The van der Waals surface area contributed by atoms with Crippen LogP contribution in [-0.2, 0) is 14.6 Å². The quantitative estimate of drug-likeness (QED) is 0.609. The van der Waals surface area contributed by atoms with Crippen molar-refractivity contribution in [2.75, 3.05) is 23.9 Å². The second-order valence-corrected chi connectivity index (χ2v) is 8.31. The van der Waals surface area contributed by atoms with E-state index in [1.807, 2.05) is 0 Å². The van der Waals surface area contributed by atoms with Gasteiger partial charge in [-0.05, 0) is 37.8 Å². The molecule has 1 aliphatic heterocycles. The molecule has 116 valence electrons. The molecule has 7 heteroatoms. The van der Waals surface area contributed by atoms with Gasteiger partial charge in [0, 0.05) is 11.9 Å². The van der Waals surface area contributed by atoms with Crippen LogP contribution < -0.4 is 0 Å². The highest BCUT2D eigenvalue weighted by Gasteiger charge is 2.24. The minimum atomic E-state index is -2.86. The summed E-state index contributed by atoms with van der Waals surface area (Å²) in [4.78, 5) is 15.7. The van der Waals surface area contributed by atoms with Gasteiger partial charge in [0.15, 0.2) is 9.84 Å². The summed E-state index contributed by atoms with van der Waals surface area (Å²) in [6.07, 6.45) is 3.20. The van der Waals surface area contributed by atoms with Crippen LogP contribution in [0.25, 0.3) is 0 Å². The fourth-order valence-electron chi connectivity index (χ4n) is 2.25. The van der Waals surface area contributed by atoms with Crippen LogP contribution in [0.15, 0.2) is 23.4 Å². The SMILES string of the molecule is CCOC(=O)c1ccc(SC[C@@H]2CCCS(=O)(=O)C2)nc1. The minimum Gasteiger partial charge on any atom is -0.462 e. The average molecular weight is 329 g/mol. The van der Waals surface area contributed by atoms with Crippen LogP contribution in [0.2, 0.25) is 0 Å². The van der Waals surface area contributed by atoms with E-state index < -0.39 is 9.84 Å². The normalized spacial score (nSPS) is 20.9. The number of pyridine rings is 1. The van der Waals surface area contributed by atoms with Crippen molar-refractivity contribution in [3.05, 3.63) is 23.9 Å². The monoisotopic (exact) mass is 329 g/mol. The molecule has 0 unspecified atom stereocenters. The van der Waals surface area contributed by atoms with Crippen LogP contribution >= 0.6 is 11.8 Å². The fourth-order valence-corrected chi connectivity index (χ4v) is 5.16. The molecule has 21 heavy (non-hydrogen) atoms. The maximum Gasteiger partial charge on any atom is 0.339 e. The molecule has 0 N–H and O–H groups in total. The smallest absolute Gasteiger partial charge is 0.339 e. The van der Waals surface area contributed by atoms with Crippen LogP contribution in [0.1, 0.15) is 30.1 Å². The summed E-state index contributed by atoms with van der Waals surface area (Å²) in [5.41, 5.74) is 0.432. The molecule has 1 saturated heterocycles. The highest BCUT2D eigenvalue weighted by molar-refractivity contribution is 7.99. The molecular formula is C14H19NO4S2. The van der Waals surface area contributed by atoms with Gasteiger partial charge in [-0.2, -0.15) is 0 Å². The average Bonchev–Trinajstić information content (AvgIpc) is 2.45. The van der Waals surface area contributed by atoms with E-state index in [1.54, 1.807) is 19.1 Å². The third-order valence-corrected chi connectivity index (χ3v) is 6.34. The number of carbonyl (C=O) groups excluding carboxylic acids is 1. The zero-order valence-corrected chi connectivity index (χ0v) is 13.6. The van der Waals surface area contributed by atoms with E-state index in [4.69, 9.17) is 4.74 Å². The van der Waals surface area contributed by atoms with E-state index >= 15 is 0 Å². The number of carbonyl (C=O) groups is 1. The highest BCUT2D eigenvalue weighted by Crippen LogP contribution is 2.25. The van der Waals surface area contributed by atoms with Crippen molar-refractivity contribution >= 4 is 27.6 Å². The molecule has 1 aromatic rings. The highest BCUT2D eigenvalue weighted by atomic mass is 32.2. The Morgan fingerprint density at radius 3 is 2.90 bits per heavy atom. The van der Waals surface area contributed by atoms with E-state index in [9.17, 15) is 13.2 Å². The predicted octanol–water partition coefficient (Wildman–Crippen LogP) is 2.18. The van der Waals surface area contributed by atoms with Gasteiger partial charge in [-0.15, -0.1) is 11.8 Å². The Morgan fingerprint density at radius 1 is 1.48 bits per heavy atom. The van der Waals surface area contributed by atoms with Gasteiger partial charge >= 0.3 is 5.97 Å². The Labute approximate surface area is 129 Å². The number of aromatic nitrogens is 1. The Bertz CT molecular complexity index is 583. The van der Waals surface area contributed by atoms with Gasteiger partial charge in [0.05, 0.1) is 28.7 Å². The Morgan fingerprint density at radius 2 is 2.29 bits per heavy atom. The fraction of sp³-hybridized carbons (Fsp3) is 0.571. The first-order valence-electron chi connectivity index (χ1n) is 6.96. The van der Waals surface area contributed by atoms with Gasteiger partial charge in [-0.3, -0.25) is 0 Å². The van der Waals surface area contributed by atoms with Crippen LogP contribution in [0.3, 0.4) is 0 Å². The third-order valence-electron chi connectivity index (χ3n) is 3.27. The Hall–Kier alpha value is -1.08. The van der Waals surface area contributed by atoms with Crippen LogP contribution in [0.4, 0.5) is 0 Å². The predicted molar refractivity (Wildman–Crippen MR) is 82.3 cm³/mol. The number of nitrogens with zero attached hydrogens (tertiary/aromatic N) is 1. The zero-order chi connectivity index (χ0) is 15.3. The summed E-state index contributed by atoms with van der Waals surface area (Å²) < 4.78 is 28.0. The first-order chi connectivity index (χ1) is 10.00. The summed E-state index contributed by atoms with van der Waals surface area (Å²) >= 11 is 1.53. The summed E-state index contributed by atoms with van der Waals surface area (Å²) in [5, 5.41) is 0.797. The molecule has 0 radical (unpaired) electrons. The summed E-state index contributed by atoms with van der Waals surface area (Å²) in [7, 11) is -2.86. The minimum absolute atomic E-state index is 0.195. The van der Waals surface area contributed by atoms with Crippen molar-refractivity contribution in [3.63, 3.8) is 0 Å². The number of hydrogen-bond donors (Lipinski definition) is 0. The summed E-state index contributed by atoms with van der Waals surface area (Å²) in [6.45, 7) is 2.10. The van der Waals surface area contributed by atoms with Crippen LogP contribution in [0.5, 0.6) is 0 Å². The summed E-state index contributed by atoms with van der Waals surface area (Å²) in [6, 6.07) is 3.46. The Balaban J connectivity index is 1.87. The van der Waals surface area contributed by atoms with E-state index in [0.29, 0.717) is 17.9 Å². The molecule has 5 nitrogen and oxygen atoms in total. The molecule has 1 fully saturated rings. The lowest BCUT2D eigenvalue weighted by atomic mass is 10.1. The van der Waals surface area contributed by atoms with E-state index in [-0.39, 0.29) is 17.6 Å². The van der Waals surface area contributed by atoms with Crippen molar-refractivity contribution in [2.24, 2.45) is 5.92 Å². The van der Waals surface area contributed by atoms with Gasteiger partial charge in [0.2, 0.25) is 0 Å². The second-order valence-electron chi connectivity index (χ2n) is 5.04. The number of sulfone groups is 1. The van der Waals surface area contributed by atoms with Gasteiger partial charge < -0.3 is 4.74 Å². The van der Waals surface area contributed by atoms with E-state index in [0.717, 1.165) is 23.6 Å². The molecule has 1 atom stereocenters. The number of ether oxygens (including phenoxy) is 1. The molecule has 2 rings (SSSR count). The molecule has 0 aliphatic carbocycles. The van der Waals surface area contributed by atoms with E-state index in [2.05, 4.69) is 4.98 Å². The molecule has 0 saturated carbocycles. The van der Waals surface area contributed by atoms with Gasteiger partial charge in [-0.25, -0.2) is 18.2 Å². The lowest BCUT2D eigenvalue weighted by molar-refractivity contribution is 0.0525. The third kappa shape index (κ3) is 5.00. The molecule has 0 aromatic carbocycles. The maximum atomic E-state index is 11.6. The maximum absolute atomic E-state index is 11.6. The number of rotatable bonds is 5. The first-order valence-corrected chi connectivity index (χ1v) is 9.77. The van der Waals surface area contributed by atoms with Crippen molar-refractivity contribution in [1.29, 1.82) is 0 Å². The lowest BCUT2D eigenvalue weighted by Crippen LogP contribution is -2.26. The molecule has 1 aromatic heterocycles. The van der Waals surface area contributed by atoms with Crippen LogP contribution in [0, 0.1) is 5.92 Å². The number of thioether (sulfide) groups is 1. The molecular weight excluding hydrogens is 310 g/mol. The molecule has 0 amide bonds. The number of esters is 1.